The SMILES string of the molecule is OCCNc1nc(NCc2cccc(F)c2)c2ncn(CC3CC3)c2n1. The van der Waals surface area contributed by atoms with Crippen molar-refractivity contribution in [1.29, 1.82) is 0 Å². The number of aromatic nitrogens is 4. The highest BCUT2D eigenvalue weighted by atomic mass is 19.1. The maximum absolute atomic E-state index is 13.4. The number of fused-ring (bicyclic) bond motifs is 1. The normalized spacial score (nSPS) is 13.9. The number of hydrogen-bond acceptors (Lipinski definition) is 6. The van der Waals surface area contributed by atoms with Crippen LogP contribution in [0.1, 0.15) is 18.4 Å². The second-order valence-electron chi connectivity index (χ2n) is 6.54. The number of nitrogens with zero attached hydrogens (tertiary/aromatic N) is 4. The van der Waals surface area contributed by atoms with Gasteiger partial charge in [0.05, 0.1) is 12.9 Å². The lowest BCUT2D eigenvalue weighted by atomic mass is 10.2. The molecule has 2 aromatic heterocycles. The lowest BCUT2D eigenvalue weighted by Crippen LogP contribution is -2.12. The van der Waals surface area contributed by atoms with E-state index in [1.165, 1.54) is 25.0 Å². The summed E-state index contributed by atoms with van der Waals surface area (Å²) in [5.41, 5.74) is 2.27. The number of aliphatic hydroxyl groups excluding tert-OH is 1. The molecule has 26 heavy (non-hydrogen) atoms. The third-order valence-electron chi connectivity index (χ3n) is 4.36. The zero-order chi connectivity index (χ0) is 17.9. The van der Waals surface area contributed by atoms with Crippen LogP contribution in [0.5, 0.6) is 0 Å². The molecule has 2 heterocycles. The molecule has 1 aliphatic rings. The van der Waals surface area contributed by atoms with Crippen LogP contribution in [0.2, 0.25) is 0 Å². The van der Waals surface area contributed by atoms with Gasteiger partial charge in [-0.2, -0.15) is 9.97 Å². The molecule has 0 radical (unpaired) electrons. The van der Waals surface area contributed by atoms with Crippen molar-refractivity contribution >= 4 is 22.9 Å². The molecule has 0 unspecified atom stereocenters. The summed E-state index contributed by atoms with van der Waals surface area (Å²) in [6.07, 6.45) is 4.27. The summed E-state index contributed by atoms with van der Waals surface area (Å²) in [7, 11) is 0. The first-order chi connectivity index (χ1) is 12.7. The van der Waals surface area contributed by atoms with Crippen LogP contribution in [0.25, 0.3) is 11.2 Å². The van der Waals surface area contributed by atoms with Crippen molar-refractivity contribution in [1.82, 2.24) is 19.5 Å². The highest BCUT2D eigenvalue weighted by molar-refractivity contribution is 5.84. The van der Waals surface area contributed by atoms with E-state index in [2.05, 4.69) is 25.6 Å². The first kappa shape index (κ1) is 16.7. The lowest BCUT2D eigenvalue weighted by molar-refractivity contribution is 0.311. The second kappa shape index (κ2) is 7.25. The Morgan fingerprint density at radius 1 is 1.23 bits per heavy atom. The molecule has 1 saturated carbocycles. The number of anilines is 2. The summed E-state index contributed by atoms with van der Waals surface area (Å²) in [5.74, 6) is 1.45. The Hall–Kier alpha value is -2.74. The van der Waals surface area contributed by atoms with Gasteiger partial charge >= 0.3 is 0 Å². The van der Waals surface area contributed by atoms with Crippen LogP contribution in [-0.2, 0) is 13.1 Å². The van der Waals surface area contributed by atoms with Gasteiger partial charge in [0.2, 0.25) is 5.95 Å². The number of imidazole rings is 1. The first-order valence-corrected chi connectivity index (χ1v) is 8.79. The first-order valence-electron chi connectivity index (χ1n) is 8.79. The van der Waals surface area contributed by atoms with E-state index in [-0.39, 0.29) is 12.4 Å². The number of nitrogens with one attached hydrogen (secondary N) is 2. The van der Waals surface area contributed by atoms with Crippen LogP contribution in [0, 0.1) is 11.7 Å². The molecular weight excluding hydrogens is 335 g/mol. The minimum Gasteiger partial charge on any atom is -0.395 e. The van der Waals surface area contributed by atoms with Crippen molar-refractivity contribution in [2.45, 2.75) is 25.9 Å². The molecule has 4 rings (SSSR count). The minimum absolute atomic E-state index is 0.00517. The summed E-state index contributed by atoms with van der Waals surface area (Å²) < 4.78 is 15.4. The van der Waals surface area contributed by atoms with Gasteiger partial charge in [0, 0.05) is 19.6 Å². The van der Waals surface area contributed by atoms with Crippen LogP contribution >= 0.6 is 0 Å². The van der Waals surface area contributed by atoms with Crippen molar-refractivity contribution in [3.63, 3.8) is 0 Å². The van der Waals surface area contributed by atoms with Gasteiger partial charge in [0.25, 0.3) is 0 Å². The van der Waals surface area contributed by atoms with Gasteiger partial charge in [-0.15, -0.1) is 0 Å². The summed E-state index contributed by atoms with van der Waals surface area (Å²) in [5, 5.41) is 15.3. The predicted molar refractivity (Wildman–Crippen MR) is 97.3 cm³/mol. The van der Waals surface area contributed by atoms with E-state index in [0.29, 0.717) is 36.3 Å². The maximum Gasteiger partial charge on any atom is 0.226 e. The largest absolute Gasteiger partial charge is 0.395 e. The molecule has 8 heteroatoms. The average Bonchev–Trinajstić information content (AvgIpc) is 3.37. The van der Waals surface area contributed by atoms with Crippen molar-refractivity contribution < 1.29 is 9.50 Å². The topological polar surface area (TPSA) is 87.9 Å². The summed E-state index contributed by atoms with van der Waals surface area (Å²) in [4.78, 5) is 13.5. The minimum atomic E-state index is -0.267. The Bertz CT molecular complexity index is 908. The fourth-order valence-electron chi connectivity index (χ4n) is 2.86. The molecule has 136 valence electrons. The van der Waals surface area contributed by atoms with Gasteiger partial charge < -0.3 is 20.3 Å². The van der Waals surface area contributed by atoms with Crippen molar-refractivity contribution in [3.05, 3.63) is 42.0 Å². The van der Waals surface area contributed by atoms with Crippen LogP contribution in [0.3, 0.4) is 0 Å². The number of rotatable bonds is 8. The molecule has 0 aliphatic heterocycles. The highest BCUT2D eigenvalue weighted by Crippen LogP contribution is 2.32. The molecule has 0 bridgehead atoms. The average molecular weight is 356 g/mol. The Balaban J connectivity index is 1.63. The van der Waals surface area contributed by atoms with E-state index in [0.717, 1.165) is 17.8 Å². The van der Waals surface area contributed by atoms with Crippen LogP contribution in [-0.4, -0.2) is 37.8 Å². The summed E-state index contributed by atoms with van der Waals surface area (Å²) in [6, 6.07) is 6.44. The Kier molecular flexibility index (Phi) is 4.66. The molecule has 7 nitrogen and oxygen atoms in total. The van der Waals surface area contributed by atoms with Gasteiger partial charge in [-0.3, -0.25) is 0 Å². The third-order valence-corrected chi connectivity index (χ3v) is 4.36. The van der Waals surface area contributed by atoms with E-state index in [9.17, 15) is 4.39 Å². The quantitative estimate of drug-likeness (QED) is 0.574. The standard InChI is InChI=1S/C18H21FN6O/c19-14-3-1-2-13(8-14)9-21-16-15-17(24-18(23-16)20-6-7-26)25(11-22-15)10-12-4-5-12/h1-3,8,11-12,26H,4-7,9-10H2,(H2,20,21,23,24). The van der Waals surface area contributed by atoms with Crippen molar-refractivity contribution in [2.24, 2.45) is 5.92 Å². The Morgan fingerprint density at radius 2 is 2.12 bits per heavy atom. The van der Waals surface area contributed by atoms with Gasteiger partial charge in [0.1, 0.15) is 5.82 Å². The monoisotopic (exact) mass is 356 g/mol. The van der Waals surface area contributed by atoms with E-state index in [1.807, 2.05) is 10.6 Å². The highest BCUT2D eigenvalue weighted by Gasteiger charge is 2.23. The van der Waals surface area contributed by atoms with Crippen LogP contribution in [0.4, 0.5) is 16.2 Å². The molecule has 0 amide bonds. The number of aliphatic hydroxyl groups is 1. The van der Waals surface area contributed by atoms with E-state index in [1.54, 1.807) is 12.4 Å². The molecule has 3 N–H and O–H groups in total. The smallest absolute Gasteiger partial charge is 0.226 e. The number of benzene rings is 1. The van der Waals surface area contributed by atoms with Gasteiger partial charge in [-0.1, -0.05) is 12.1 Å². The van der Waals surface area contributed by atoms with Gasteiger partial charge in [0.15, 0.2) is 17.0 Å². The molecule has 0 saturated heterocycles. The molecule has 0 atom stereocenters. The van der Waals surface area contributed by atoms with Crippen molar-refractivity contribution in [2.75, 3.05) is 23.8 Å². The summed E-state index contributed by atoms with van der Waals surface area (Å²) in [6.45, 7) is 1.69. The maximum atomic E-state index is 13.4. The lowest BCUT2D eigenvalue weighted by Gasteiger charge is -2.10. The third kappa shape index (κ3) is 3.75. The number of hydrogen-bond donors (Lipinski definition) is 3. The van der Waals surface area contributed by atoms with Crippen molar-refractivity contribution in [3.8, 4) is 0 Å². The Morgan fingerprint density at radius 3 is 2.88 bits per heavy atom. The zero-order valence-electron chi connectivity index (χ0n) is 14.3. The van der Waals surface area contributed by atoms with E-state index in [4.69, 9.17) is 5.11 Å². The fourth-order valence-corrected chi connectivity index (χ4v) is 2.86. The van der Waals surface area contributed by atoms with E-state index < -0.39 is 0 Å². The molecule has 1 fully saturated rings. The molecule has 1 aliphatic carbocycles. The molecular formula is C18H21FN6O. The fraction of sp³-hybridized carbons (Fsp3) is 0.389. The molecule has 3 aromatic rings. The Labute approximate surface area is 150 Å². The predicted octanol–water partition coefficient (Wildman–Crippen LogP) is 2.39. The summed E-state index contributed by atoms with van der Waals surface area (Å²) >= 11 is 0. The van der Waals surface area contributed by atoms with Crippen LogP contribution in [0.15, 0.2) is 30.6 Å². The zero-order valence-corrected chi connectivity index (χ0v) is 14.3. The van der Waals surface area contributed by atoms with Crippen LogP contribution < -0.4 is 10.6 Å². The van der Waals surface area contributed by atoms with E-state index >= 15 is 0 Å². The van der Waals surface area contributed by atoms with Gasteiger partial charge in [-0.25, -0.2) is 9.37 Å². The molecule has 1 aromatic carbocycles. The molecule has 0 spiro atoms. The van der Waals surface area contributed by atoms with Gasteiger partial charge in [-0.05, 0) is 36.5 Å². The second-order valence-corrected chi connectivity index (χ2v) is 6.54. The number of halogens is 1.